The van der Waals surface area contributed by atoms with Crippen molar-refractivity contribution in [3.05, 3.63) is 53.8 Å². The van der Waals surface area contributed by atoms with E-state index < -0.39 is 27.7 Å². The second-order valence-electron chi connectivity index (χ2n) is 8.23. The molecule has 1 fully saturated rings. The molecular formula is C23H29FN4O4S. The maximum Gasteiger partial charge on any atom is 0.256 e. The molecule has 10 heteroatoms. The lowest BCUT2D eigenvalue weighted by Crippen LogP contribution is -2.37. The van der Waals surface area contributed by atoms with Gasteiger partial charge in [-0.25, -0.2) is 17.1 Å². The number of nitrogens with zero attached hydrogens (tertiary/aromatic N) is 3. The van der Waals surface area contributed by atoms with Crippen molar-refractivity contribution in [3.8, 4) is 0 Å². The summed E-state index contributed by atoms with van der Waals surface area (Å²) in [5.41, 5.74) is 1.16. The van der Waals surface area contributed by atoms with E-state index in [2.05, 4.69) is 10.2 Å². The molecule has 0 aliphatic carbocycles. The second kappa shape index (κ2) is 10.3. The van der Waals surface area contributed by atoms with E-state index in [0.29, 0.717) is 5.69 Å². The van der Waals surface area contributed by atoms with Gasteiger partial charge in [0.25, 0.3) is 5.91 Å². The Labute approximate surface area is 194 Å². The lowest BCUT2D eigenvalue weighted by Gasteiger charge is -2.31. The Bertz CT molecular complexity index is 1130. The molecule has 2 aromatic rings. The third-order valence-electron chi connectivity index (χ3n) is 5.51. The van der Waals surface area contributed by atoms with E-state index in [-0.39, 0.29) is 22.7 Å². The lowest BCUT2D eigenvalue weighted by atomic mass is 10.1. The van der Waals surface area contributed by atoms with Crippen LogP contribution in [0.25, 0.3) is 0 Å². The lowest BCUT2D eigenvalue weighted by molar-refractivity contribution is -0.116. The monoisotopic (exact) mass is 476 g/mol. The molecule has 3 rings (SSSR count). The first-order chi connectivity index (χ1) is 15.6. The molecule has 1 aliphatic rings. The molecule has 1 N–H and O–H groups in total. The van der Waals surface area contributed by atoms with Crippen molar-refractivity contribution in [2.24, 2.45) is 0 Å². The Morgan fingerprint density at radius 2 is 1.73 bits per heavy atom. The highest BCUT2D eigenvalue weighted by molar-refractivity contribution is 7.89. The van der Waals surface area contributed by atoms with Crippen LogP contribution in [-0.4, -0.2) is 70.2 Å². The molecular weight excluding hydrogens is 447 g/mol. The fourth-order valence-corrected chi connectivity index (χ4v) is 4.66. The van der Waals surface area contributed by atoms with Gasteiger partial charge in [-0.05, 0) is 55.7 Å². The molecule has 2 aromatic carbocycles. The molecule has 178 valence electrons. The topological polar surface area (TPSA) is 90.0 Å². The van der Waals surface area contributed by atoms with Crippen molar-refractivity contribution in [1.82, 2.24) is 9.21 Å². The van der Waals surface area contributed by atoms with E-state index >= 15 is 0 Å². The summed E-state index contributed by atoms with van der Waals surface area (Å²) in [6.45, 7) is 1.26. The van der Waals surface area contributed by atoms with Crippen LogP contribution < -0.4 is 10.2 Å². The van der Waals surface area contributed by atoms with Crippen molar-refractivity contribution >= 4 is 33.2 Å². The van der Waals surface area contributed by atoms with Crippen molar-refractivity contribution in [2.75, 3.05) is 51.0 Å². The summed E-state index contributed by atoms with van der Waals surface area (Å²) >= 11 is 0. The van der Waals surface area contributed by atoms with Crippen LogP contribution in [0.15, 0.2) is 47.4 Å². The van der Waals surface area contributed by atoms with Gasteiger partial charge in [0, 0.05) is 45.6 Å². The van der Waals surface area contributed by atoms with Crippen LogP contribution in [0.2, 0.25) is 0 Å². The number of carbonyl (C=O) groups excluding carboxylic acids is 2. The third kappa shape index (κ3) is 5.88. The predicted octanol–water partition coefficient (Wildman–Crippen LogP) is 2.78. The highest BCUT2D eigenvalue weighted by Crippen LogP contribution is 2.28. The van der Waals surface area contributed by atoms with E-state index in [4.69, 9.17) is 0 Å². The zero-order valence-corrected chi connectivity index (χ0v) is 19.9. The van der Waals surface area contributed by atoms with Crippen LogP contribution in [0.4, 0.5) is 15.8 Å². The summed E-state index contributed by atoms with van der Waals surface area (Å²) in [6.07, 6.45) is 3.07. The van der Waals surface area contributed by atoms with Gasteiger partial charge in [-0.1, -0.05) is 6.07 Å². The second-order valence-corrected chi connectivity index (χ2v) is 10.4. The molecule has 0 atom stereocenters. The average Bonchev–Trinajstić information content (AvgIpc) is 2.78. The molecule has 2 amide bonds. The van der Waals surface area contributed by atoms with Crippen molar-refractivity contribution in [1.29, 1.82) is 0 Å². The van der Waals surface area contributed by atoms with E-state index in [1.54, 1.807) is 12.1 Å². The number of amides is 2. The van der Waals surface area contributed by atoms with Gasteiger partial charge in [0.2, 0.25) is 15.9 Å². The number of anilines is 2. The van der Waals surface area contributed by atoms with E-state index in [1.807, 2.05) is 0 Å². The zero-order chi connectivity index (χ0) is 24.2. The molecule has 0 spiro atoms. The highest BCUT2D eigenvalue weighted by atomic mass is 32.2. The average molecular weight is 477 g/mol. The summed E-state index contributed by atoms with van der Waals surface area (Å²) in [5.74, 6) is -1.45. The molecule has 33 heavy (non-hydrogen) atoms. The molecule has 1 heterocycles. The molecule has 0 radical (unpaired) electrons. The normalized spacial score (nSPS) is 14.3. The number of halogens is 1. The van der Waals surface area contributed by atoms with Gasteiger partial charge in [-0.15, -0.1) is 0 Å². The Hall–Kier alpha value is -2.98. The number of hydrogen-bond donors (Lipinski definition) is 1. The molecule has 8 nitrogen and oxygen atoms in total. The predicted molar refractivity (Wildman–Crippen MR) is 125 cm³/mol. The fraction of sp³-hybridized carbons (Fsp3) is 0.391. The fourth-order valence-electron chi connectivity index (χ4n) is 3.73. The number of hydrogen-bond acceptors (Lipinski definition) is 5. The maximum atomic E-state index is 13.4. The summed E-state index contributed by atoms with van der Waals surface area (Å²) in [4.78, 5) is 29.1. The van der Waals surface area contributed by atoms with Gasteiger partial charge in [0.15, 0.2) is 0 Å². The van der Waals surface area contributed by atoms with Crippen LogP contribution in [0.1, 0.15) is 29.6 Å². The number of sulfonamides is 1. The minimum absolute atomic E-state index is 0.00854. The number of rotatable bonds is 7. The van der Waals surface area contributed by atoms with E-state index in [1.165, 1.54) is 56.4 Å². The number of piperidine rings is 1. The summed E-state index contributed by atoms with van der Waals surface area (Å²) in [5, 5.41) is 2.56. The Morgan fingerprint density at radius 1 is 1.03 bits per heavy atom. The number of carbonyl (C=O) groups is 2. The molecule has 0 bridgehead atoms. The van der Waals surface area contributed by atoms with Gasteiger partial charge in [-0.2, -0.15) is 0 Å². The number of nitrogens with one attached hydrogen (secondary N) is 1. The van der Waals surface area contributed by atoms with E-state index in [9.17, 15) is 22.4 Å². The molecule has 0 unspecified atom stereocenters. The van der Waals surface area contributed by atoms with E-state index in [0.717, 1.165) is 36.7 Å². The Morgan fingerprint density at radius 3 is 2.36 bits per heavy atom. The summed E-state index contributed by atoms with van der Waals surface area (Å²) < 4.78 is 39.8. The SMILES string of the molecule is CN(CC(=O)Nc1cccc(F)c1)C(=O)c1cc(S(=O)(=O)N(C)C)ccc1N1CCCCC1. The van der Waals surface area contributed by atoms with Crippen LogP contribution in [0.5, 0.6) is 0 Å². The van der Waals surface area contributed by atoms with Crippen molar-refractivity contribution in [3.63, 3.8) is 0 Å². The quantitative estimate of drug-likeness (QED) is 0.664. The van der Waals surface area contributed by atoms with Crippen LogP contribution in [-0.2, 0) is 14.8 Å². The van der Waals surface area contributed by atoms with Gasteiger partial charge in [-0.3, -0.25) is 9.59 Å². The van der Waals surface area contributed by atoms with Crippen LogP contribution in [0.3, 0.4) is 0 Å². The Kier molecular flexibility index (Phi) is 7.70. The van der Waals surface area contributed by atoms with Crippen molar-refractivity contribution in [2.45, 2.75) is 24.2 Å². The molecule has 0 saturated carbocycles. The van der Waals surface area contributed by atoms with Crippen LogP contribution >= 0.6 is 0 Å². The van der Waals surface area contributed by atoms with Gasteiger partial charge >= 0.3 is 0 Å². The van der Waals surface area contributed by atoms with Gasteiger partial charge in [0.1, 0.15) is 5.82 Å². The van der Waals surface area contributed by atoms with Gasteiger partial charge < -0.3 is 15.1 Å². The first kappa shape index (κ1) is 24.7. The third-order valence-corrected chi connectivity index (χ3v) is 7.32. The van der Waals surface area contributed by atoms with Crippen molar-refractivity contribution < 1.29 is 22.4 Å². The highest BCUT2D eigenvalue weighted by Gasteiger charge is 2.26. The first-order valence-corrected chi connectivity index (χ1v) is 12.2. The largest absolute Gasteiger partial charge is 0.371 e. The summed E-state index contributed by atoms with van der Waals surface area (Å²) in [7, 11) is 0.586. The molecule has 1 aliphatic heterocycles. The minimum atomic E-state index is -3.74. The first-order valence-electron chi connectivity index (χ1n) is 10.7. The smallest absolute Gasteiger partial charge is 0.256 e. The maximum absolute atomic E-state index is 13.4. The summed E-state index contributed by atoms with van der Waals surface area (Å²) in [6, 6.07) is 10.0. The van der Waals surface area contributed by atoms with Crippen LogP contribution in [0, 0.1) is 5.82 Å². The van der Waals surface area contributed by atoms with Gasteiger partial charge in [0.05, 0.1) is 17.0 Å². The zero-order valence-electron chi connectivity index (χ0n) is 19.0. The standard InChI is InChI=1S/C23H29FN4O4S/c1-26(2)33(31,32)19-10-11-21(28-12-5-4-6-13-28)20(15-19)23(30)27(3)16-22(29)25-18-9-7-8-17(24)14-18/h7-11,14-15H,4-6,12-13,16H2,1-3H3,(H,25,29). The molecule has 1 saturated heterocycles. The Balaban J connectivity index is 1.87. The minimum Gasteiger partial charge on any atom is -0.371 e. The molecule has 0 aromatic heterocycles. The number of benzene rings is 2. The number of likely N-dealkylation sites (N-methyl/N-ethyl adjacent to an activating group) is 1.